The van der Waals surface area contributed by atoms with Crippen molar-refractivity contribution < 1.29 is 0 Å². The van der Waals surface area contributed by atoms with Crippen molar-refractivity contribution in [3.05, 3.63) is 24.3 Å². The molecule has 5 nitrogen and oxygen atoms in total. The zero-order valence-electron chi connectivity index (χ0n) is 9.64. The lowest BCUT2D eigenvalue weighted by Gasteiger charge is -2.13. The van der Waals surface area contributed by atoms with Crippen molar-refractivity contribution in [1.29, 1.82) is 5.41 Å². The van der Waals surface area contributed by atoms with Crippen molar-refractivity contribution in [2.24, 2.45) is 16.5 Å². The lowest BCUT2D eigenvalue weighted by atomic mass is 10.2. The highest BCUT2D eigenvalue weighted by Crippen LogP contribution is 2.12. The van der Waals surface area contributed by atoms with Gasteiger partial charge in [0.05, 0.1) is 12.4 Å². The predicted molar refractivity (Wildman–Crippen MR) is 75.2 cm³/mol. The summed E-state index contributed by atoms with van der Waals surface area (Å²) in [5.41, 5.74) is 12.3. The Hall–Kier alpha value is -1.37. The highest BCUT2D eigenvalue weighted by Gasteiger charge is 2.11. The van der Waals surface area contributed by atoms with Gasteiger partial charge in [0.25, 0.3) is 0 Å². The van der Waals surface area contributed by atoms with Gasteiger partial charge < -0.3 is 16.8 Å². The zero-order valence-corrected chi connectivity index (χ0v) is 10.5. The van der Waals surface area contributed by atoms with Crippen molar-refractivity contribution in [3.63, 3.8) is 0 Å². The summed E-state index contributed by atoms with van der Waals surface area (Å²) in [7, 11) is 0. The number of aliphatic imine (C=N–C) groups is 1. The predicted octanol–water partition coefficient (Wildman–Crippen LogP) is 1.07. The molecule has 1 aromatic rings. The van der Waals surface area contributed by atoms with Crippen LogP contribution in [0.5, 0.6) is 0 Å². The van der Waals surface area contributed by atoms with Crippen LogP contribution < -0.4 is 16.8 Å². The monoisotopic (exact) mass is 251 g/mol. The molecule has 6 heteroatoms. The van der Waals surface area contributed by atoms with E-state index in [2.05, 4.69) is 22.9 Å². The van der Waals surface area contributed by atoms with Crippen molar-refractivity contribution in [2.45, 2.75) is 17.9 Å². The number of hydrogen-bond acceptors (Lipinski definition) is 5. The molecule has 0 aliphatic rings. The van der Waals surface area contributed by atoms with Gasteiger partial charge in [0.1, 0.15) is 5.84 Å². The second kappa shape index (κ2) is 6.39. The topological polar surface area (TPSA) is 100 Å². The minimum Gasteiger partial charge on any atom is -0.339 e. The SMILES string of the molecule is CC(N)/C(=N/CN)C(=N)Nc1ccc(S)cc1. The first-order valence-corrected chi connectivity index (χ1v) is 5.64. The fraction of sp³-hybridized carbons (Fsp3) is 0.273. The van der Waals surface area contributed by atoms with E-state index < -0.39 is 0 Å². The molecule has 0 aromatic heterocycles. The Morgan fingerprint density at radius 3 is 2.53 bits per heavy atom. The van der Waals surface area contributed by atoms with Crippen molar-refractivity contribution in [3.8, 4) is 0 Å². The highest BCUT2D eigenvalue weighted by molar-refractivity contribution is 7.80. The molecule has 6 N–H and O–H groups in total. The number of nitrogens with one attached hydrogen (secondary N) is 2. The van der Waals surface area contributed by atoms with Gasteiger partial charge in [-0.25, -0.2) is 0 Å². The summed E-state index contributed by atoms with van der Waals surface area (Å²) in [5.74, 6) is 0.164. The van der Waals surface area contributed by atoms with E-state index in [1.165, 1.54) is 0 Å². The molecule has 1 rings (SSSR count). The number of thiol groups is 1. The van der Waals surface area contributed by atoms with Gasteiger partial charge in [-0.15, -0.1) is 12.6 Å². The third kappa shape index (κ3) is 4.18. The number of nitrogens with zero attached hydrogens (tertiary/aromatic N) is 1. The number of anilines is 1. The van der Waals surface area contributed by atoms with Crippen molar-refractivity contribution in [2.75, 3.05) is 12.0 Å². The number of amidine groups is 1. The summed E-state index contributed by atoms with van der Waals surface area (Å²) < 4.78 is 0. The van der Waals surface area contributed by atoms with Crippen LogP contribution in [0.4, 0.5) is 5.69 Å². The van der Waals surface area contributed by atoms with E-state index in [4.69, 9.17) is 16.9 Å². The fourth-order valence-corrected chi connectivity index (χ4v) is 1.45. The standard InChI is InChI=1S/C11H17N5S/c1-7(13)10(15-6-12)11(14)16-8-2-4-9(17)5-3-8/h2-5,7,17H,6,12-13H2,1H3,(H2,14,16)/b15-10-. The van der Waals surface area contributed by atoms with Gasteiger partial charge in [0, 0.05) is 16.6 Å². The maximum absolute atomic E-state index is 7.87. The number of nitrogens with two attached hydrogens (primary N) is 2. The van der Waals surface area contributed by atoms with E-state index in [-0.39, 0.29) is 18.5 Å². The molecule has 92 valence electrons. The summed E-state index contributed by atoms with van der Waals surface area (Å²) in [6.07, 6.45) is 0. The van der Waals surface area contributed by atoms with Crippen LogP contribution >= 0.6 is 12.6 Å². The Bertz CT molecular complexity index is 410. The largest absolute Gasteiger partial charge is 0.339 e. The van der Waals surface area contributed by atoms with Gasteiger partial charge in [-0.05, 0) is 31.2 Å². The smallest absolute Gasteiger partial charge is 0.145 e. The van der Waals surface area contributed by atoms with E-state index in [0.717, 1.165) is 10.6 Å². The molecule has 1 unspecified atom stereocenters. The Morgan fingerprint density at radius 1 is 1.47 bits per heavy atom. The molecule has 0 aliphatic heterocycles. The third-order valence-corrected chi connectivity index (χ3v) is 2.38. The molecule has 0 radical (unpaired) electrons. The Balaban J connectivity index is 2.77. The van der Waals surface area contributed by atoms with Gasteiger partial charge in [0.15, 0.2) is 0 Å². The summed E-state index contributed by atoms with van der Waals surface area (Å²) in [4.78, 5) is 4.87. The highest BCUT2D eigenvalue weighted by atomic mass is 32.1. The molecule has 0 spiro atoms. The third-order valence-electron chi connectivity index (χ3n) is 2.09. The lowest BCUT2D eigenvalue weighted by Crippen LogP contribution is -2.37. The average molecular weight is 251 g/mol. The van der Waals surface area contributed by atoms with E-state index in [9.17, 15) is 0 Å². The first-order chi connectivity index (χ1) is 8.04. The lowest BCUT2D eigenvalue weighted by molar-refractivity contribution is 0.954. The fourth-order valence-electron chi connectivity index (χ4n) is 1.30. The van der Waals surface area contributed by atoms with E-state index in [1.54, 1.807) is 6.92 Å². The molecule has 0 saturated heterocycles. The van der Waals surface area contributed by atoms with Crippen molar-refractivity contribution in [1.82, 2.24) is 0 Å². The van der Waals surface area contributed by atoms with Crippen LogP contribution in [0, 0.1) is 5.41 Å². The maximum Gasteiger partial charge on any atom is 0.145 e. The molecule has 0 fully saturated rings. The molecule has 0 amide bonds. The van der Waals surface area contributed by atoms with Crippen LogP contribution in [-0.2, 0) is 0 Å². The minimum absolute atomic E-state index is 0.122. The van der Waals surface area contributed by atoms with Gasteiger partial charge >= 0.3 is 0 Å². The van der Waals surface area contributed by atoms with E-state index >= 15 is 0 Å². The first-order valence-electron chi connectivity index (χ1n) is 5.19. The Kier molecular flexibility index (Phi) is 5.14. The van der Waals surface area contributed by atoms with Crippen LogP contribution in [0.25, 0.3) is 0 Å². The molecule has 1 aromatic carbocycles. The van der Waals surface area contributed by atoms with Gasteiger partial charge in [-0.1, -0.05) is 0 Å². The van der Waals surface area contributed by atoms with Gasteiger partial charge in [0.2, 0.25) is 0 Å². The second-order valence-corrected chi connectivity index (χ2v) is 4.08. The quantitative estimate of drug-likeness (QED) is 0.314. The normalized spacial score (nSPS) is 13.3. The van der Waals surface area contributed by atoms with Crippen LogP contribution in [-0.4, -0.2) is 24.3 Å². The molecule has 0 saturated carbocycles. The van der Waals surface area contributed by atoms with Gasteiger partial charge in [-0.3, -0.25) is 10.4 Å². The summed E-state index contributed by atoms with van der Waals surface area (Å²) >= 11 is 4.19. The zero-order chi connectivity index (χ0) is 12.8. The number of rotatable bonds is 4. The average Bonchev–Trinajstić information content (AvgIpc) is 2.28. The maximum atomic E-state index is 7.87. The van der Waals surface area contributed by atoms with Gasteiger partial charge in [-0.2, -0.15) is 0 Å². The molecular formula is C11H17N5S. The van der Waals surface area contributed by atoms with Crippen LogP contribution in [0.15, 0.2) is 34.2 Å². The van der Waals surface area contributed by atoms with Crippen LogP contribution in [0.2, 0.25) is 0 Å². The van der Waals surface area contributed by atoms with E-state index in [1.807, 2.05) is 24.3 Å². The molecular weight excluding hydrogens is 234 g/mol. The second-order valence-electron chi connectivity index (χ2n) is 3.56. The molecule has 17 heavy (non-hydrogen) atoms. The minimum atomic E-state index is -0.331. The molecule has 0 bridgehead atoms. The number of benzene rings is 1. The van der Waals surface area contributed by atoms with Crippen LogP contribution in [0.3, 0.4) is 0 Å². The summed E-state index contributed by atoms with van der Waals surface area (Å²) in [6, 6.07) is 7.01. The first kappa shape index (κ1) is 13.7. The molecule has 0 heterocycles. The van der Waals surface area contributed by atoms with E-state index in [0.29, 0.717) is 5.71 Å². The Morgan fingerprint density at radius 2 is 2.06 bits per heavy atom. The summed E-state index contributed by atoms with van der Waals surface area (Å²) in [5, 5.41) is 10.8. The Labute approximate surface area is 106 Å². The van der Waals surface area contributed by atoms with Crippen LogP contribution in [0.1, 0.15) is 6.92 Å². The van der Waals surface area contributed by atoms with Crippen molar-refractivity contribution >= 4 is 29.9 Å². The summed E-state index contributed by atoms with van der Waals surface area (Å²) in [6.45, 7) is 1.89. The molecule has 1 atom stereocenters. The molecule has 0 aliphatic carbocycles. The number of hydrogen-bond donors (Lipinski definition) is 5.